The van der Waals surface area contributed by atoms with Gasteiger partial charge in [-0.25, -0.2) is 5.01 Å². The number of methoxy groups -OCH3 is 3. The maximum absolute atomic E-state index is 13.5. The number of likely N-dealkylation sites (N-methyl/N-ethyl adjacent to an activating group) is 1. The molecule has 3 aromatic rings. The molecule has 182 valence electrons. The number of hydrazone groups is 1. The molecule has 0 bridgehead atoms. The summed E-state index contributed by atoms with van der Waals surface area (Å²) in [6.45, 7) is 0.737. The van der Waals surface area contributed by atoms with E-state index in [2.05, 4.69) is 0 Å². The first-order valence-electron chi connectivity index (χ1n) is 11.5. The van der Waals surface area contributed by atoms with E-state index in [9.17, 15) is 4.79 Å². The zero-order chi connectivity index (χ0) is 24.8. The maximum atomic E-state index is 13.5. The number of hydrogen-bond acceptors (Lipinski definition) is 6. The lowest BCUT2D eigenvalue weighted by Crippen LogP contribution is -2.36. The van der Waals surface area contributed by atoms with Gasteiger partial charge in [0.05, 0.1) is 39.6 Å². The van der Waals surface area contributed by atoms with Crippen molar-refractivity contribution in [2.45, 2.75) is 19.0 Å². The standard InChI is InChI=1S/C28H31N3O4/c1-30(18-22-11-8-12-26(34-3)28(22)35-4)19-27(32)31-25(21-13-15-23(33-2)16-14-21)17-24(29-31)20-9-6-5-7-10-20/h5-16,25H,17-19H2,1-4H3/t25-/m0/s1. The maximum Gasteiger partial charge on any atom is 0.257 e. The van der Waals surface area contributed by atoms with E-state index in [1.807, 2.05) is 84.7 Å². The van der Waals surface area contributed by atoms with E-state index in [1.165, 1.54) is 0 Å². The van der Waals surface area contributed by atoms with Gasteiger partial charge in [-0.2, -0.15) is 5.10 Å². The Hall–Kier alpha value is -3.84. The second-order valence-electron chi connectivity index (χ2n) is 8.47. The zero-order valence-electron chi connectivity index (χ0n) is 20.6. The first-order chi connectivity index (χ1) is 17.0. The van der Waals surface area contributed by atoms with Crippen LogP contribution in [-0.2, 0) is 11.3 Å². The summed E-state index contributed by atoms with van der Waals surface area (Å²) in [7, 11) is 6.79. The van der Waals surface area contributed by atoms with E-state index < -0.39 is 0 Å². The molecule has 3 aromatic carbocycles. The monoisotopic (exact) mass is 473 g/mol. The van der Waals surface area contributed by atoms with Crippen molar-refractivity contribution in [3.63, 3.8) is 0 Å². The molecule has 1 heterocycles. The molecule has 0 spiro atoms. The van der Waals surface area contributed by atoms with Crippen LogP contribution in [-0.4, -0.2) is 56.4 Å². The molecule has 4 rings (SSSR count). The minimum absolute atomic E-state index is 0.0684. The van der Waals surface area contributed by atoms with Crippen molar-refractivity contribution in [2.75, 3.05) is 34.9 Å². The molecule has 1 aliphatic heterocycles. The fourth-order valence-corrected chi connectivity index (χ4v) is 4.36. The number of amides is 1. The summed E-state index contributed by atoms with van der Waals surface area (Å²) in [5.74, 6) is 2.05. The van der Waals surface area contributed by atoms with Gasteiger partial charge in [0.2, 0.25) is 0 Å². The van der Waals surface area contributed by atoms with Crippen LogP contribution in [0.3, 0.4) is 0 Å². The lowest BCUT2D eigenvalue weighted by atomic mass is 9.98. The van der Waals surface area contributed by atoms with E-state index >= 15 is 0 Å². The van der Waals surface area contributed by atoms with Gasteiger partial charge < -0.3 is 14.2 Å². The van der Waals surface area contributed by atoms with Crippen LogP contribution in [0.2, 0.25) is 0 Å². The first kappa shape index (κ1) is 24.3. The third kappa shape index (κ3) is 5.46. The Bertz CT molecular complexity index is 1180. The Balaban J connectivity index is 1.55. The van der Waals surface area contributed by atoms with Crippen molar-refractivity contribution >= 4 is 11.6 Å². The highest BCUT2D eigenvalue weighted by atomic mass is 16.5. The third-order valence-electron chi connectivity index (χ3n) is 6.10. The van der Waals surface area contributed by atoms with Crippen LogP contribution >= 0.6 is 0 Å². The Morgan fingerprint density at radius 1 is 0.943 bits per heavy atom. The van der Waals surface area contributed by atoms with Crippen LogP contribution < -0.4 is 14.2 Å². The number of nitrogens with zero attached hydrogens (tertiary/aromatic N) is 3. The molecule has 0 aliphatic carbocycles. The van der Waals surface area contributed by atoms with Gasteiger partial charge in [0.1, 0.15) is 5.75 Å². The average Bonchev–Trinajstić information content (AvgIpc) is 3.35. The second kappa shape index (κ2) is 11.1. The van der Waals surface area contributed by atoms with Crippen LogP contribution in [0.1, 0.15) is 29.2 Å². The second-order valence-corrected chi connectivity index (χ2v) is 8.47. The van der Waals surface area contributed by atoms with Crippen LogP contribution in [0, 0.1) is 0 Å². The van der Waals surface area contributed by atoms with Gasteiger partial charge in [0, 0.05) is 18.5 Å². The molecular formula is C28H31N3O4. The van der Waals surface area contributed by atoms with Gasteiger partial charge in [-0.1, -0.05) is 54.6 Å². The van der Waals surface area contributed by atoms with Gasteiger partial charge >= 0.3 is 0 Å². The number of hydrogen-bond donors (Lipinski definition) is 0. The van der Waals surface area contributed by atoms with E-state index in [-0.39, 0.29) is 18.5 Å². The highest BCUT2D eigenvalue weighted by Crippen LogP contribution is 2.34. The molecule has 7 nitrogen and oxygen atoms in total. The van der Waals surface area contributed by atoms with Gasteiger partial charge in [-0.05, 0) is 36.4 Å². The molecule has 0 saturated carbocycles. The van der Waals surface area contributed by atoms with Crippen molar-refractivity contribution in [2.24, 2.45) is 5.10 Å². The topological polar surface area (TPSA) is 63.6 Å². The van der Waals surface area contributed by atoms with E-state index in [0.717, 1.165) is 28.2 Å². The highest BCUT2D eigenvalue weighted by Gasteiger charge is 2.33. The minimum Gasteiger partial charge on any atom is -0.497 e. The number of carbonyl (C=O) groups is 1. The number of rotatable bonds is 9. The van der Waals surface area contributed by atoms with E-state index in [1.54, 1.807) is 26.3 Å². The number of ether oxygens (including phenoxy) is 3. The first-order valence-corrected chi connectivity index (χ1v) is 11.5. The van der Waals surface area contributed by atoms with Crippen LogP contribution in [0.4, 0.5) is 0 Å². The summed E-state index contributed by atoms with van der Waals surface area (Å²) in [5.41, 5.74) is 3.89. The minimum atomic E-state index is -0.177. The number of carbonyl (C=O) groups excluding carboxylic acids is 1. The molecular weight excluding hydrogens is 442 g/mol. The molecule has 0 aromatic heterocycles. The molecule has 35 heavy (non-hydrogen) atoms. The summed E-state index contributed by atoms with van der Waals surface area (Å²) >= 11 is 0. The molecule has 1 atom stereocenters. The normalized spacial score (nSPS) is 15.2. The average molecular weight is 474 g/mol. The third-order valence-corrected chi connectivity index (χ3v) is 6.10. The fourth-order valence-electron chi connectivity index (χ4n) is 4.36. The van der Waals surface area contributed by atoms with Crippen molar-refractivity contribution in [1.29, 1.82) is 0 Å². The summed E-state index contributed by atoms with van der Waals surface area (Å²) in [5, 5.41) is 6.41. The van der Waals surface area contributed by atoms with Crippen molar-refractivity contribution in [3.05, 3.63) is 89.5 Å². The van der Waals surface area contributed by atoms with E-state index in [4.69, 9.17) is 19.3 Å². The molecule has 0 N–H and O–H groups in total. The quantitative estimate of drug-likeness (QED) is 0.457. The van der Waals surface area contributed by atoms with Crippen molar-refractivity contribution < 1.29 is 19.0 Å². The number of benzene rings is 3. The Morgan fingerprint density at radius 2 is 1.69 bits per heavy atom. The van der Waals surface area contributed by atoms with Crippen molar-refractivity contribution in [1.82, 2.24) is 9.91 Å². The smallest absolute Gasteiger partial charge is 0.257 e. The summed E-state index contributed by atoms with van der Waals surface area (Å²) in [6, 6.07) is 23.4. The fraction of sp³-hybridized carbons (Fsp3) is 0.286. The SMILES string of the molecule is COc1ccc([C@@H]2CC(c3ccccc3)=NN2C(=O)CN(C)Cc2cccc(OC)c2OC)cc1. The Morgan fingerprint density at radius 3 is 2.34 bits per heavy atom. The van der Waals surface area contributed by atoms with Gasteiger partial charge in [0.25, 0.3) is 5.91 Å². The van der Waals surface area contributed by atoms with Crippen LogP contribution in [0.5, 0.6) is 17.2 Å². The summed E-state index contributed by atoms with van der Waals surface area (Å²) < 4.78 is 16.3. The predicted molar refractivity (Wildman–Crippen MR) is 136 cm³/mol. The Labute approximate surface area is 206 Å². The van der Waals surface area contributed by atoms with Crippen LogP contribution in [0.15, 0.2) is 77.9 Å². The molecule has 1 aliphatic rings. The predicted octanol–water partition coefficient (Wildman–Crippen LogP) is 4.52. The molecule has 7 heteroatoms. The molecule has 0 saturated heterocycles. The summed E-state index contributed by atoms with van der Waals surface area (Å²) in [6.07, 6.45) is 0.648. The van der Waals surface area contributed by atoms with Gasteiger partial charge in [-0.15, -0.1) is 0 Å². The number of para-hydroxylation sites is 1. The lowest BCUT2D eigenvalue weighted by Gasteiger charge is -2.25. The highest BCUT2D eigenvalue weighted by molar-refractivity contribution is 6.03. The Kier molecular flexibility index (Phi) is 7.67. The molecule has 0 radical (unpaired) electrons. The largest absolute Gasteiger partial charge is 0.497 e. The lowest BCUT2D eigenvalue weighted by molar-refractivity contribution is -0.134. The molecule has 0 fully saturated rings. The van der Waals surface area contributed by atoms with Crippen LogP contribution in [0.25, 0.3) is 0 Å². The zero-order valence-corrected chi connectivity index (χ0v) is 20.6. The molecule has 1 amide bonds. The van der Waals surface area contributed by atoms with E-state index in [0.29, 0.717) is 24.5 Å². The van der Waals surface area contributed by atoms with Crippen molar-refractivity contribution in [3.8, 4) is 17.2 Å². The summed E-state index contributed by atoms with van der Waals surface area (Å²) in [4.78, 5) is 15.5. The molecule has 0 unspecified atom stereocenters. The van der Waals surface area contributed by atoms with Gasteiger partial charge in [0.15, 0.2) is 11.5 Å². The van der Waals surface area contributed by atoms with Gasteiger partial charge in [-0.3, -0.25) is 9.69 Å².